The fraction of sp³-hybridized carbons (Fsp3) is 0.353. The fourth-order valence-corrected chi connectivity index (χ4v) is 3.66. The summed E-state index contributed by atoms with van der Waals surface area (Å²) in [5, 5.41) is 5.13. The van der Waals surface area contributed by atoms with Crippen molar-refractivity contribution in [2.45, 2.75) is 32.4 Å². The number of amides is 1. The Morgan fingerprint density at radius 1 is 1.38 bits per heavy atom. The quantitative estimate of drug-likeness (QED) is 0.939. The van der Waals surface area contributed by atoms with E-state index in [1.165, 1.54) is 16.1 Å². The van der Waals surface area contributed by atoms with Crippen LogP contribution in [0.15, 0.2) is 41.8 Å². The van der Waals surface area contributed by atoms with Gasteiger partial charge >= 0.3 is 0 Å². The van der Waals surface area contributed by atoms with Crippen LogP contribution in [0.2, 0.25) is 0 Å². The highest BCUT2D eigenvalue weighted by Gasteiger charge is 2.27. The molecule has 1 N–H and O–H groups in total. The minimum Gasteiger partial charge on any atom is -0.359 e. The molecule has 1 aliphatic heterocycles. The molecule has 0 unspecified atom stereocenters. The second-order valence-electron chi connectivity index (χ2n) is 5.61. The van der Waals surface area contributed by atoms with Crippen molar-refractivity contribution in [3.8, 4) is 0 Å². The van der Waals surface area contributed by atoms with Crippen LogP contribution in [0.3, 0.4) is 0 Å². The normalized spacial score (nSPS) is 18.4. The molecule has 4 heteroatoms. The molecule has 110 valence electrons. The van der Waals surface area contributed by atoms with E-state index in [9.17, 15) is 4.79 Å². The Labute approximate surface area is 129 Å². The van der Waals surface area contributed by atoms with Crippen LogP contribution in [-0.2, 0) is 11.2 Å². The fourth-order valence-electron chi connectivity index (χ4n) is 2.92. The van der Waals surface area contributed by atoms with E-state index in [0.29, 0.717) is 12.6 Å². The molecule has 0 fully saturated rings. The molecule has 1 aliphatic rings. The molecule has 2 atom stereocenters. The highest BCUT2D eigenvalue weighted by atomic mass is 32.1. The summed E-state index contributed by atoms with van der Waals surface area (Å²) in [7, 11) is 0. The van der Waals surface area contributed by atoms with Crippen LogP contribution in [-0.4, -0.2) is 18.5 Å². The molecule has 0 aliphatic carbocycles. The van der Waals surface area contributed by atoms with Crippen LogP contribution in [0, 0.1) is 0 Å². The van der Waals surface area contributed by atoms with Gasteiger partial charge in [-0.05, 0) is 43.3 Å². The molecular weight excluding hydrogens is 280 g/mol. The summed E-state index contributed by atoms with van der Waals surface area (Å²) in [6.07, 6.45) is 1.02. The lowest BCUT2D eigenvalue weighted by atomic mass is 10.1. The number of benzene rings is 1. The van der Waals surface area contributed by atoms with Gasteiger partial charge in [-0.15, -0.1) is 11.3 Å². The molecule has 0 spiro atoms. The van der Waals surface area contributed by atoms with Crippen LogP contribution in [0.4, 0.5) is 5.69 Å². The Kier molecular flexibility index (Phi) is 3.97. The number of thiophene rings is 1. The van der Waals surface area contributed by atoms with Gasteiger partial charge in [0.05, 0.1) is 12.6 Å². The predicted molar refractivity (Wildman–Crippen MR) is 87.8 cm³/mol. The first kappa shape index (κ1) is 14.1. The minimum atomic E-state index is 0.0747. The van der Waals surface area contributed by atoms with Gasteiger partial charge in [-0.25, -0.2) is 0 Å². The van der Waals surface area contributed by atoms with Crippen molar-refractivity contribution in [3.05, 3.63) is 52.2 Å². The molecule has 0 saturated carbocycles. The molecule has 3 nitrogen and oxygen atoms in total. The SMILES string of the molecule is C[C@H](NC(=O)CN1c2ccccc2C[C@H]1C)c1cccs1. The molecule has 0 bridgehead atoms. The Hall–Kier alpha value is -1.81. The van der Waals surface area contributed by atoms with Gasteiger partial charge in [0, 0.05) is 16.6 Å². The molecular formula is C17H20N2OS. The summed E-state index contributed by atoms with van der Waals surface area (Å²) >= 11 is 1.68. The van der Waals surface area contributed by atoms with Crippen LogP contribution in [0.25, 0.3) is 0 Å². The van der Waals surface area contributed by atoms with Gasteiger partial charge in [-0.3, -0.25) is 4.79 Å². The average Bonchev–Trinajstić information content (AvgIpc) is 3.08. The first-order valence-corrected chi connectivity index (χ1v) is 8.20. The van der Waals surface area contributed by atoms with E-state index in [-0.39, 0.29) is 11.9 Å². The molecule has 3 rings (SSSR count). The summed E-state index contributed by atoms with van der Waals surface area (Å²) in [4.78, 5) is 15.7. The van der Waals surface area contributed by atoms with Gasteiger partial charge in [-0.1, -0.05) is 24.3 Å². The van der Waals surface area contributed by atoms with Gasteiger partial charge in [0.25, 0.3) is 0 Å². The number of fused-ring (bicyclic) bond motifs is 1. The number of hydrogen-bond acceptors (Lipinski definition) is 3. The molecule has 21 heavy (non-hydrogen) atoms. The number of hydrogen-bond donors (Lipinski definition) is 1. The van der Waals surface area contributed by atoms with Crippen LogP contribution >= 0.6 is 11.3 Å². The summed E-state index contributed by atoms with van der Waals surface area (Å²) in [5.74, 6) is 0.0828. The zero-order valence-electron chi connectivity index (χ0n) is 12.4. The van der Waals surface area contributed by atoms with E-state index in [1.54, 1.807) is 11.3 Å². The number of para-hydroxylation sites is 1. The van der Waals surface area contributed by atoms with E-state index in [1.807, 2.05) is 24.4 Å². The van der Waals surface area contributed by atoms with Crippen molar-refractivity contribution in [1.29, 1.82) is 0 Å². The zero-order valence-corrected chi connectivity index (χ0v) is 13.2. The maximum Gasteiger partial charge on any atom is 0.240 e. The van der Waals surface area contributed by atoms with Crippen molar-refractivity contribution in [3.63, 3.8) is 0 Å². The van der Waals surface area contributed by atoms with E-state index in [0.717, 1.165) is 6.42 Å². The number of carbonyl (C=O) groups is 1. The van der Waals surface area contributed by atoms with Gasteiger partial charge in [0.2, 0.25) is 5.91 Å². The van der Waals surface area contributed by atoms with Gasteiger partial charge in [0.15, 0.2) is 0 Å². The topological polar surface area (TPSA) is 32.3 Å². The van der Waals surface area contributed by atoms with Crippen molar-refractivity contribution in [2.24, 2.45) is 0 Å². The lowest BCUT2D eigenvalue weighted by Crippen LogP contribution is -2.40. The van der Waals surface area contributed by atoms with Crippen molar-refractivity contribution >= 4 is 22.9 Å². The highest BCUT2D eigenvalue weighted by Crippen LogP contribution is 2.31. The van der Waals surface area contributed by atoms with Crippen LogP contribution in [0.5, 0.6) is 0 Å². The van der Waals surface area contributed by atoms with E-state index in [4.69, 9.17) is 0 Å². The predicted octanol–water partition coefficient (Wildman–Crippen LogP) is 3.38. The number of rotatable bonds is 4. The van der Waals surface area contributed by atoms with E-state index < -0.39 is 0 Å². The molecule has 2 aromatic rings. The van der Waals surface area contributed by atoms with Gasteiger partial charge in [-0.2, -0.15) is 0 Å². The van der Waals surface area contributed by atoms with Crippen molar-refractivity contribution in [2.75, 3.05) is 11.4 Å². The highest BCUT2D eigenvalue weighted by molar-refractivity contribution is 7.10. The molecule has 2 heterocycles. The summed E-state index contributed by atoms with van der Waals surface area (Å²) in [6.45, 7) is 4.63. The second-order valence-corrected chi connectivity index (χ2v) is 6.59. The number of carbonyl (C=O) groups excluding carboxylic acids is 1. The first-order chi connectivity index (χ1) is 10.1. The maximum absolute atomic E-state index is 12.3. The second kappa shape index (κ2) is 5.90. The van der Waals surface area contributed by atoms with E-state index in [2.05, 4.69) is 41.4 Å². The molecule has 1 aromatic heterocycles. The maximum atomic E-state index is 12.3. The average molecular weight is 300 g/mol. The first-order valence-electron chi connectivity index (χ1n) is 7.32. The zero-order chi connectivity index (χ0) is 14.8. The van der Waals surface area contributed by atoms with Crippen LogP contribution in [0.1, 0.15) is 30.3 Å². The van der Waals surface area contributed by atoms with E-state index >= 15 is 0 Å². The molecule has 1 aromatic carbocycles. The minimum absolute atomic E-state index is 0.0747. The monoisotopic (exact) mass is 300 g/mol. The Bertz CT molecular complexity index is 623. The molecule has 0 radical (unpaired) electrons. The van der Waals surface area contributed by atoms with Gasteiger partial charge in [0.1, 0.15) is 0 Å². The summed E-state index contributed by atoms with van der Waals surface area (Å²) in [5.41, 5.74) is 2.54. The van der Waals surface area contributed by atoms with Gasteiger partial charge < -0.3 is 10.2 Å². The summed E-state index contributed by atoms with van der Waals surface area (Å²) < 4.78 is 0. The Morgan fingerprint density at radius 2 is 2.19 bits per heavy atom. The molecule has 1 amide bonds. The number of anilines is 1. The van der Waals surface area contributed by atoms with Crippen molar-refractivity contribution in [1.82, 2.24) is 5.32 Å². The lowest BCUT2D eigenvalue weighted by Gasteiger charge is -2.25. The summed E-state index contributed by atoms with van der Waals surface area (Å²) in [6, 6.07) is 12.9. The van der Waals surface area contributed by atoms with Crippen molar-refractivity contribution < 1.29 is 4.79 Å². The standard InChI is InChI=1S/C17H20N2OS/c1-12-10-14-6-3-4-7-15(14)19(12)11-17(20)18-13(2)16-8-5-9-21-16/h3-9,12-13H,10-11H2,1-2H3,(H,18,20)/t12-,13+/m1/s1. The third-order valence-electron chi connectivity index (χ3n) is 4.01. The largest absolute Gasteiger partial charge is 0.359 e. The number of nitrogens with zero attached hydrogens (tertiary/aromatic N) is 1. The Balaban J connectivity index is 1.65. The van der Waals surface area contributed by atoms with Crippen LogP contribution < -0.4 is 10.2 Å². The number of nitrogens with one attached hydrogen (secondary N) is 1. The molecule has 0 saturated heterocycles. The third-order valence-corrected chi connectivity index (χ3v) is 5.06. The lowest BCUT2D eigenvalue weighted by molar-refractivity contribution is -0.120. The Morgan fingerprint density at radius 3 is 2.95 bits per heavy atom. The smallest absolute Gasteiger partial charge is 0.240 e. The third kappa shape index (κ3) is 2.95.